The number of para-hydroxylation sites is 1. The molecule has 0 radical (unpaired) electrons. The number of halogens is 2. The zero-order valence-corrected chi connectivity index (χ0v) is 18.1. The molecule has 4 aromatic carbocycles. The minimum absolute atomic E-state index is 0.163. The predicted octanol–water partition coefficient (Wildman–Crippen LogP) is 7.71. The Kier molecular flexibility index (Phi) is 6.75. The summed E-state index contributed by atoms with van der Waals surface area (Å²) in [6, 6.07) is 29.4. The average Bonchev–Trinajstić information content (AvgIpc) is 2.80. The molecule has 154 valence electrons. The lowest BCUT2D eigenvalue weighted by atomic mass is 10.2. The summed E-state index contributed by atoms with van der Waals surface area (Å²) in [6.07, 6.45) is 1.78. The molecule has 0 bridgehead atoms. The number of hydrogen-bond donors (Lipinski definition) is 0. The van der Waals surface area contributed by atoms with Crippen LogP contribution in [0.1, 0.15) is 11.1 Å². The van der Waals surface area contributed by atoms with Gasteiger partial charge in [0.05, 0.1) is 10.2 Å². The lowest BCUT2D eigenvalue weighted by Crippen LogP contribution is -1.99. The minimum atomic E-state index is -0.275. The first-order valence-electron chi connectivity index (χ1n) is 9.70. The first kappa shape index (κ1) is 20.8. The normalized spacial score (nSPS) is 10.9. The molecule has 0 unspecified atom stereocenters. The molecule has 3 nitrogen and oxygen atoms in total. The Morgan fingerprint density at radius 2 is 1.52 bits per heavy atom. The molecule has 0 aromatic heterocycles. The summed E-state index contributed by atoms with van der Waals surface area (Å²) in [5.74, 6) is 1.91. The molecule has 0 fully saturated rings. The van der Waals surface area contributed by atoms with Gasteiger partial charge in [0.2, 0.25) is 0 Å². The van der Waals surface area contributed by atoms with Gasteiger partial charge in [0.1, 0.15) is 29.7 Å². The van der Waals surface area contributed by atoms with Crippen LogP contribution < -0.4 is 9.47 Å². The predicted molar refractivity (Wildman–Crippen MR) is 125 cm³/mol. The summed E-state index contributed by atoms with van der Waals surface area (Å²) in [5.41, 5.74) is 2.24. The van der Waals surface area contributed by atoms with Crippen molar-refractivity contribution in [1.29, 1.82) is 0 Å². The van der Waals surface area contributed by atoms with Gasteiger partial charge in [0.15, 0.2) is 0 Å². The summed E-state index contributed by atoms with van der Waals surface area (Å²) >= 11 is 3.51. The van der Waals surface area contributed by atoms with E-state index in [4.69, 9.17) is 9.47 Å². The van der Waals surface area contributed by atoms with Crippen LogP contribution in [0.3, 0.4) is 0 Å². The van der Waals surface area contributed by atoms with Crippen molar-refractivity contribution in [3.63, 3.8) is 0 Å². The lowest BCUT2D eigenvalue weighted by Gasteiger charge is -2.09. The van der Waals surface area contributed by atoms with Gasteiger partial charge in [-0.15, -0.1) is 0 Å². The maximum absolute atomic E-state index is 13.7. The van der Waals surface area contributed by atoms with Crippen LogP contribution in [0.25, 0.3) is 0 Å². The highest BCUT2D eigenvalue weighted by Gasteiger charge is 2.05. The van der Waals surface area contributed by atoms with Crippen LogP contribution in [-0.2, 0) is 6.61 Å². The molecule has 4 aromatic rings. The monoisotopic (exact) mass is 475 g/mol. The van der Waals surface area contributed by atoms with E-state index >= 15 is 0 Å². The fourth-order valence-electron chi connectivity index (χ4n) is 2.86. The smallest absolute Gasteiger partial charge is 0.134 e. The second-order valence-electron chi connectivity index (χ2n) is 6.74. The zero-order chi connectivity index (χ0) is 21.5. The number of aliphatic imine (C=N–C) groups is 1. The molecule has 0 amide bonds. The Bertz CT molecular complexity index is 1180. The van der Waals surface area contributed by atoms with Crippen molar-refractivity contribution in [2.75, 3.05) is 0 Å². The number of hydrogen-bond acceptors (Lipinski definition) is 3. The summed E-state index contributed by atoms with van der Waals surface area (Å²) in [5, 5.41) is 0. The van der Waals surface area contributed by atoms with Gasteiger partial charge in [-0.25, -0.2) is 4.39 Å². The minimum Gasteiger partial charge on any atom is -0.488 e. The number of rotatable bonds is 7. The maximum Gasteiger partial charge on any atom is 0.134 e. The van der Waals surface area contributed by atoms with Crippen molar-refractivity contribution in [3.05, 3.63) is 118 Å². The Hall–Kier alpha value is -3.44. The van der Waals surface area contributed by atoms with Gasteiger partial charge in [0, 0.05) is 11.8 Å². The van der Waals surface area contributed by atoms with Crippen molar-refractivity contribution in [2.45, 2.75) is 6.61 Å². The van der Waals surface area contributed by atoms with E-state index in [0.29, 0.717) is 11.3 Å². The maximum atomic E-state index is 13.7. The van der Waals surface area contributed by atoms with Crippen LogP contribution in [0.4, 0.5) is 10.1 Å². The highest BCUT2D eigenvalue weighted by Crippen LogP contribution is 2.27. The quantitative estimate of drug-likeness (QED) is 0.256. The first-order valence-corrected chi connectivity index (χ1v) is 10.5. The fraction of sp³-hybridized carbons (Fsp3) is 0.0385. The van der Waals surface area contributed by atoms with Crippen LogP contribution >= 0.6 is 15.9 Å². The molecule has 0 heterocycles. The Morgan fingerprint density at radius 3 is 2.26 bits per heavy atom. The van der Waals surface area contributed by atoms with E-state index < -0.39 is 0 Å². The fourth-order valence-corrected chi connectivity index (χ4v) is 3.37. The number of nitrogens with zero attached hydrogens (tertiary/aromatic N) is 1. The topological polar surface area (TPSA) is 30.8 Å². The molecule has 0 saturated carbocycles. The van der Waals surface area contributed by atoms with Gasteiger partial charge >= 0.3 is 0 Å². The van der Waals surface area contributed by atoms with E-state index in [0.717, 1.165) is 27.2 Å². The molecule has 0 N–H and O–H groups in total. The second-order valence-corrected chi connectivity index (χ2v) is 7.59. The van der Waals surface area contributed by atoms with E-state index in [-0.39, 0.29) is 12.4 Å². The van der Waals surface area contributed by atoms with Gasteiger partial charge in [-0.3, -0.25) is 4.99 Å². The number of ether oxygens (including phenoxy) is 2. The summed E-state index contributed by atoms with van der Waals surface area (Å²) in [4.78, 5) is 4.51. The Labute approximate surface area is 188 Å². The van der Waals surface area contributed by atoms with Crippen LogP contribution in [0.5, 0.6) is 17.2 Å². The highest BCUT2D eigenvalue weighted by atomic mass is 79.9. The van der Waals surface area contributed by atoms with Crippen molar-refractivity contribution in [2.24, 2.45) is 4.99 Å². The van der Waals surface area contributed by atoms with Gasteiger partial charge < -0.3 is 9.47 Å². The summed E-state index contributed by atoms with van der Waals surface area (Å²) < 4.78 is 26.0. The average molecular weight is 476 g/mol. The van der Waals surface area contributed by atoms with Crippen molar-refractivity contribution < 1.29 is 13.9 Å². The summed E-state index contributed by atoms with van der Waals surface area (Å²) in [6.45, 7) is 0.163. The van der Waals surface area contributed by atoms with E-state index in [1.807, 2.05) is 72.8 Å². The van der Waals surface area contributed by atoms with Crippen LogP contribution in [-0.4, -0.2) is 6.21 Å². The molecule has 4 rings (SSSR count). The molecule has 0 spiro atoms. The van der Waals surface area contributed by atoms with Gasteiger partial charge in [0.25, 0.3) is 0 Å². The summed E-state index contributed by atoms with van der Waals surface area (Å²) in [7, 11) is 0. The molecular formula is C26H19BrFNO2. The van der Waals surface area contributed by atoms with E-state index in [9.17, 15) is 4.39 Å². The Balaban J connectivity index is 1.37. The standard InChI is InChI=1S/C26H19BrFNO2/c27-24-16-19(10-15-26(24)30-18-20-6-4-5-9-25(20)28)17-29-21-11-13-23(14-12-21)31-22-7-2-1-3-8-22/h1-17H,18H2. The van der Waals surface area contributed by atoms with Crippen LogP contribution in [0, 0.1) is 5.82 Å². The van der Waals surface area contributed by atoms with E-state index in [1.165, 1.54) is 6.07 Å². The molecule has 31 heavy (non-hydrogen) atoms. The van der Waals surface area contributed by atoms with E-state index in [1.54, 1.807) is 24.4 Å². The van der Waals surface area contributed by atoms with E-state index in [2.05, 4.69) is 20.9 Å². The van der Waals surface area contributed by atoms with Crippen LogP contribution in [0.15, 0.2) is 107 Å². The Morgan fingerprint density at radius 1 is 0.806 bits per heavy atom. The molecule has 5 heteroatoms. The SMILES string of the molecule is Fc1ccccc1COc1ccc(C=Nc2ccc(Oc3ccccc3)cc2)cc1Br. The lowest BCUT2D eigenvalue weighted by molar-refractivity contribution is 0.298. The largest absolute Gasteiger partial charge is 0.488 e. The van der Waals surface area contributed by atoms with Gasteiger partial charge in [-0.05, 0) is 82.2 Å². The number of benzene rings is 4. The highest BCUT2D eigenvalue weighted by molar-refractivity contribution is 9.10. The third kappa shape index (κ3) is 5.80. The van der Waals surface area contributed by atoms with Crippen molar-refractivity contribution >= 4 is 27.8 Å². The molecule has 0 aliphatic carbocycles. The molecule has 0 aliphatic heterocycles. The second kappa shape index (κ2) is 10.0. The molecule has 0 atom stereocenters. The van der Waals surface area contributed by atoms with Crippen molar-refractivity contribution in [3.8, 4) is 17.2 Å². The third-order valence-corrected chi connectivity index (χ3v) is 5.09. The van der Waals surface area contributed by atoms with Gasteiger partial charge in [-0.1, -0.05) is 36.4 Å². The molecule has 0 aliphatic rings. The van der Waals surface area contributed by atoms with Crippen molar-refractivity contribution in [1.82, 2.24) is 0 Å². The third-order valence-electron chi connectivity index (χ3n) is 4.48. The van der Waals surface area contributed by atoms with Gasteiger partial charge in [-0.2, -0.15) is 0 Å². The first-order chi connectivity index (χ1) is 15.2. The molecular weight excluding hydrogens is 457 g/mol. The zero-order valence-electron chi connectivity index (χ0n) is 16.5. The van der Waals surface area contributed by atoms with Crippen LogP contribution in [0.2, 0.25) is 0 Å². The molecule has 0 saturated heterocycles.